The molecule has 0 radical (unpaired) electrons. The van der Waals surface area contributed by atoms with Gasteiger partial charge in [-0.2, -0.15) is 0 Å². The number of hydrogen-bond donors (Lipinski definition) is 1. The van der Waals surface area contributed by atoms with Crippen molar-refractivity contribution in [2.75, 3.05) is 0 Å². The van der Waals surface area contributed by atoms with Gasteiger partial charge in [0.15, 0.2) is 11.8 Å². The molecular formula is C15H18BrN3O2. The van der Waals surface area contributed by atoms with Gasteiger partial charge in [-0.1, -0.05) is 6.92 Å². The molecule has 2 heterocycles. The summed E-state index contributed by atoms with van der Waals surface area (Å²) >= 11 is 3.37. The Labute approximate surface area is 131 Å². The van der Waals surface area contributed by atoms with Crippen LogP contribution in [-0.2, 0) is 9.53 Å². The van der Waals surface area contributed by atoms with Crippen molar-refractivity contribution in [3.63, 3.8) is 0 Å². The fourth-order valence-electron chi connectivity index (χ4n) is 2.48. The highest BCUT2D eigenvalue weighted by atomic mass is 79.9. The lowest BCUT2D eigenvalue weighted by molar-refractivity contribution is -0.150. The van der Waals surface area contributed by atoms with Gasteiger partial charge >= 0.3 is 5.97 Å². The zero-order valence-corrected chi connectivity index (χ0v) is 13.7. The zero-order chi connectivity index (χ0) is 15.0. The monoisotopic (exact) mass is 351 g/mol. The van der Waals surface area contributed by atoms with E-state index >= 15 is 0 Å². The molecule has 0 spiro atoms. The second-order valence-corrected chi connectivity index (χ2v) is 6.71. The van der Waals surface area contributed by atoms with E-state index in [0.29, 0.717) is 29.7 Å². The lowest BCUT2D eigenvalue weighted by atomic mass is 10.0. The number of imidazole rings is 1. The maximum atomic E-state index is 12.0. The van der Waals surface area contributed by atoms with Crippen LogP contribution in [0.15, 0.2) is 16.7 Å². The van der Waals surface area contributed by atoms with Crippen LogP contribution in [0.25, 0.3) is 11.2 Å². The Morgan fingerprint density at radius 3 is 3.00 bits per heavy atom. The summed E-state index contributed by atoms with van der Waals surface area (Å²) < 4.78 is 6.36. The number of esters is 1. The first-order valence-electron chi connectivity index (χ1n) is 7.23. The Kier molecular flexibility index (Phi) is 3.97. The number of rotatable bonds is 5. The van der Waals surface area contributed by atoms with Crippen LogP contribution in [0.2, 0.25) is 0 Å². The number of H-pyrrole nitrogens is 1. The molecule has 2 aromatic rings. The lowest BCUT2D eigenvalue weighted by Gasteiger charge is -2.13. The third-order valence-electron chi connectivity index (χ3n) is 3.93. The molecular weight excluding hydrogens is 334 g/mol. The van der Waals surface area contributed by atoms with E-state index in [0.717, 1.165) is 9.99 Å². The van der Waals surface area contributed by atoms with E-state index in [1.807, 2.05) is 13.0 Å². The lowest BCUT2D eigenvalue weighted by Crippen LogP contribution is -2.14. The zero-order valence-electron chi connectivity index (χ0n) is 12.1. The molecule has 1 saturated carbocycles. The summed E-state index contributed by atoms with van der Waals surface area (Å²) in [5.74, 6) is 1.60. The van der Waals surface area contributed by atoms with Gasteiger partial charge in [-0.25, -0.2) is 9.97 Å². The molecule has 6 heteroatoms. The predicted octanol–water partition coefficient (Wildman–Crippen LogP) is 3.76. The van der Waals surface area contributed by atoms with Crippen LogP contribution in [0.4, 0.5) is 0 Å². The standard InChI is InChI=1S/C15H18BrN3O2/c1-8(10-3-4-10)5-13(20)21-9(2)14-18-12-6-11(16)7-17-15(12)19-14/h6-10H,3-5H2,1-2H3,(H,17,18,19). The van der Waals surface area contributed by atoms with Crippen LogP contribution in [-0.4, -0.2) is 20.9 Å². The molecule has 0 amide bonds. The summed E-state index contributed by atoms with van der Waals surface area (Å²) in [6.45, 7) is 3.94. The topological polar surface area (TPSA) is 67.9 Å². The number of aromatic nitrogens is 3. The Balaban J connectivity index is 1.65. The van der Waals surface area contributed by atoms with Gasteiger partial charge in [0.05, 0.1) is 5.52 Å². The highest BCUT2D eigenvalue weighted by Gasteiger charge is 2.30. The first-order valence-corrected chi connectivity index (χ1v) is 8.03. The second-order valence-electron chi connectivity index (χ2n) is 5.80. The number of aromatic amines is 1. The number of carbonyl (C=O) groups is 1. The molecule has 2 unspecified atom stereocenters. The Morgan fingerprint density at radius 1 is 1.52 bits per heavy atom. The first kappa shape index (κ1) is 14.5. The Bertz CT molecular complexity index is 666. The summed E-state index contributed by atoms with van der Waals surface area (Å²) in [7, 11) is 0. The highest BCUT2D eigenvalue weighted by molar-refractivity contribution is 9.10. The molecule has 0 bridgehead atoms. The van der Waals surface area contributed by atoms with Crippen molar-refractivity contribution >= 4 is 33.1 Å². The van der Waals surface area contributed by atoms with E-state index in [1.54, 1.807) is 6.20 Å². The van der Waals surface area contributed by atoms with Crippen molar-refractivity contribution in [2.24, 2.45) is 11.8 Å². The molecule has 0 aliphatic heterocycles. The van der Waals surface area contributed by atoms with Crippen LogP contribution >= 0.6 is 15.9 Å². The smallest absolute Gasteiger partial charge is 0.306 e. The number of nitrogens with zero attached hydrogens (tertiary/aromatic N) is 2. The van der Waals surface area contributed by atoms with Crippen molar-refractivity contribution in [3.05, 3.63) is 22.6 Å². The van der Waals surface area contributed by atoms with Crippen molar-refractivity contribution in [2.45, 2.75) is 39.2 Å². The van der Waals surface area contributed by atoms with Crippen LogP contribution in [0.1, 0.15) is 45.0 Å². The molecule has 112 valence electrons. The van der Waals surface area contributed by atoms with E-state index in [4.69, 9.17) is 4.74 Å². The average Bonchev–Trinajstić information content (AvgIpc) is 3.18. The molecule has 1 fully saturated rings. The maximum absolute atomic E-state index is 12.0. The van der Waals surface area contributed by atoms with E-state index in [-0.39, 0.29) is 5.97 Å². The van der Waals surface area contributed by atoms with Gasteiger partial charge < -0.3 is 9.72 Å². The van der Waals surface area contributed by atoms with Gasteiger partial charge in [0.1, 0.15) is 5.82 Å². The number of fused-ring (bicyclic) bond motifs is 1. The van der Waals surface area contributed by atoms with Gasteiger partial charge in [-0.05, 0) is 53.6 Å². The normalized spacial score (nSPS) is 17.7. The Morgan fingerprint density at radius 2 is 2.29 bits per heavy atom. The largest absolute Gasteiger partial charge is 0.454 e. The van der Waals surface area contributed by atoms with Gasteiger partial charge in [-0.15, -0.1) is 0 Å². The first-order chi connectivity index (χ1) is 10.0. The number of nitrogens with one attached hydrogen (secondary N) is 1. The molecule has 21 heavy (non-hydrogen) atoms. The van der Waals surface area contributed by atoms with Gasteiger partial charge in [0.25, 0.3) is 0 Å². The van der Waals surface area contributed by atoms with Crippen LogP contribution in [0.5, 0.6) is 0 Å². The fourth-order valence-corrected chi connectivity index (χ4v) is 2.81. The summed E-state index contributed by atoms with van der Waals surface area (Å²) in [6, 6.07) is 1.91. The molecule has 1 aliphatic carbocycles. The maximum Gasteiger partial charge on any atom is 0.306 e. The van der Waals surface area contributed by atoms with Gasteiger partial charge in [0, 0.05) is 17.1 Å². The number of ether oxygens (including phenoxy) is 1. The summed E-state index contributed by atoms with van der Waals surface area (Å²) in [5.41, 5.74) is 1.45. The van der Waals surface area contributed by atoms with Crippen LogP contribution in [0.3, 0.4) is 0 Å². The quantitative estimate of drug-likeness (QED) is 0.832. The van der Waals surface area contributed by atoms with Crippen molar-refractivity contribution < 1.29 is 9.53 Å². The van der Waals surface area contributed by atoms with E-state index < -0.39 is 6.10 Å². The van der Waals surface area contributed by atoms with Gasteiger partial charge in [-0.3, -0.25) is 4.79 Å². The number of pyridine rings is 1. The SMILES string of the molecule is CC(OC(=O)CC(C)C1CC1)c1nc2ncc(Br)cc2[nH]1. The minimum Gasteiger partial charge on any atom is -0.454 e. The molecule has 1 N–H and O–H groups in total. The molecule has 3 rings (SSSR count). The van der Waals surface area contributed by atoms with E-state index in [2.05, 4.69) is 37.8 Å². The molecule has 5 nitrogen and oxygen atoms in total. The van der Waals surface area contributed by atoms with Gasteiger partial charge in [0.2, 0.25) is 0 Å². The third-order valence-corrected chi connectivity index (χ3v) is 4.36. The minimum absolute atomic E-state index is 0.156. The Hall–Kier alpha value is -1.43. The van der Waals surface area contributed by atoms with Crippen molar-refractivity contribution in [1.29, 1.82) is 0 Å². The van der Waals surface area contributed by atoms with E-state index in [9.17, 15) is 4.79 Å². The highest BCUT2D eigenvalue weighted by Crippen LogP contribution is 2.38. The van der Waals surface area contributed by atoms with Crippen LogP contribution < -0.4 is 0 Å². The van der Waals surface area contributed by atoms with Crippen LogP contribution in [0, 0.1) is 11.8 Å². The summed E-state index contributed by atoms with van der Waals surface area (Å²) in [5, 5.41) is 0. The number of carbonyl (C=O) groups excluding carboxylic acids is 1. The molecule has 0 aromatic carbocycles. The fraction of sp³-hybridized carbons (Fsp3) is 0.533. The molecule has 2 aromatic heterocycles. The number of hydrogen-bond acceptors (Lipinski definition) is 4. The molecule has 2 atom stereocenters. The molecule has 1 aliphatic rings. The average molecular weight is 352 g/mol. The number of halogens is 1. The summed E-state index contributed by atoms with van der Waals surface area (Å²) in [6.07, 6.45) is 4.28. The minimum atomic E-state index is -0.392. The molecule has 0 saturated heterocycles. The van der Waals surface area contributed by atoms with E-state index in [1.165, 1.54) is 12.8 Å². The van der Waals surface area contributed by atoms with Crippen molar-refractivity contribution in [3.8, 4) is 0 Å². The van der Waals surface area contributed by atoms with Crippen molar-refractivity contribution in [1.82, 2.24) is 15.0 Å². The third kappa shape index (κ3) is 3.43. The summed E-state index contributed by atoms with van der Waals surface area (Å²) in [4.78, 5) is 23.7. The predicted molar refractivity (Wildman–Crippen MR) is 82.6 cm³/mol. The second kappa shape index (κ2) is 5.75.